The van der Waals surface area contributed by atoms with Gasteiger partial charge in [-0.3, -0.25) is 0 Å². The van der Waals surface area contributed by atoms with E-state index in [1.54, 1.807) is 24.5 Å². The monoisotopic (exact) mass is 334 g/mol. The lowest BCUT2D eigenvalue weighted by Gasteiger charge is -2.09. The number of aromatic nitrogens is 2. The fourth-order valence-corrected chi connectivity index (χ4v) is 2.71. The Kier molecular flexibility index (Phi) is 3.00. The zero-order valence-electron chi connectivity index (χ0n) is 13.2. The fraction of sp³-hybridized carbons (Fsp3) is 0.167. The van der Waals surface area contributed by atoms with E-state index in [4.69, 9.17) is 8.83 Å². The highest BCUT2D eigenvalue weighted by molar-refractivity contribution is 5.86. The molecule has 2 N–H and O–H groups in total. The SMILES string of the molecule is O=c1ccc2ccc(Nc3nc(NC4CC4)c4occc4n3)cc2o1. The zero-order valence-corrected chi connectivity index (χ0v) is 13.2. The van der Waals surface area contributed by atoms with Crippen LogP contribution < -0.4 is 16.3 Å². The molecule has 4 aromatic rings. The van der Waals surface area contributed by atoms with Gasteiger partial charge in [0.1, 0.15) is 11.1 Å². The van der Waals surface area contributed by atoms with Gasteiger partial charge < -0.3 is 19.5 Å². The van der Waals surface area contributed by atoms with Crippen LogP contribution in [0.25, 0.3) is 22.1 Å². The summed E-state index contributed by atoms with van der Waals surface area (Å²) in [4.78, 5) is 20.4. The third kappa shape index (κ3) is 2.69. The number of nitrogens with zero attached hydrogens (tertiary/aromatic N) is 2. The summed E-state index contributed by atoms with van der Waals surface area (Å²) in [7, 11) is 0. The first-order valence-electron chi connectivity index (χ1n) is 8.07. The second-order valence-electron chi connectivity index (χ2n) is 6.08. The van der Waals surface area contributed by atoms with Gasteiger partial charge in [0.2, 0.25) is 5.95 Å². The number of hydrogen-bond acceptors (Lipinski definition) is 7. The van der Waals surface area contributed by atoms with Crippen molar-refractivity contribution < 1.29 is 8.83 Å². The molecule has 1 saturated carbocycles. The molecule has 0 saturated heterocycles. The van der Waals surface area contributed by atoms with Gasteiger partial charge in [-0.1, -0.05) is 0 Å². The van der Waals surface area contributed by atoms with Gasteiger partial charge in [0.25, 0.3) is 0 Å². The van der Waals surface area contributed by atoms with Crippen molar-refractivity contribution >= 4 is 39.5 Å². The summed E-state index contributed by atoms with van der Waals surface area (Å²) < 4.78 is 10.7. The second-order valence-corrected chi connectivity index (χ2v) is 6.08. The average molecular weight is 334 g/mol. The Labute approximate surface area is 141 Å². The zero-order chi connectivity index (χ0) is 16.8. The second kappa shape index (κ2) is 5.34. The highest BCUT2D eigenvalue weighted by Crippen LogP contribution is 2.30. The van der Waals surface area contributed by atoms with Gasteiger partial charge >= 0.3 is 5.63 Å². The minimum Gasteiger partial charge on any atom is -0.459 e. The quantitative estimate of drug-likeness (QED) is 0.550. The molecule has 1 aliphatic carbocycles. The molecule has 1 fully saturated rings. The van der Waals surface area contributed by atoms with Gasteiger partial charge in [0.15, 0.2) is 11.4 Å². The van der Waals surface area contributed by atoms with Crippen molar-refractivity contribution in [3.8, 4) is 0 Å². The summed E-state index contributed by atoms with van der Waals surface area (Å²) in [6.45, 7) is 0. The summed E-state index contributed by atoms with van der Waals surface area (Å²) in [5.74, 6) is 1.14. The molecular weight excluding hydrogens is 320 g/mol. The van der Waals surface area contributed by atoms with Gasteiger partial charge in [0.05, 0.1) is 6.26 Å². The van der Waals surface area contributed by atoms with Gasteiger partial charge in [0, 0.05) is 35.3 Å². The first kappa shape index (κ1) is 14.0. The first-order valence-corrected chi connectivity index (χ1v) is 8.07. The van der Waals surface area contributed by atoms with Crippen LogP contribution in [0.1, 0.15) is 12.8 Å². The summed E-state index contributed by atoms with van der Waals surface area (Å²) in [6.07, 6.45) is 3.88. The molecule has 0 spiro atoms. The molecule has 3 aromatic heterocycles. The van der Waals surface area contributed by atoms with E-state index in [0.717, 1.165) is 29.4 Å². The molecule has 7 heteroatoms. The number of rotatable bonds is 4. The van der Waals surface area contributed by atoms with Crippen LogP contribution in [0, 0.1) is 0 Å². The fourth-order valence-electron chi connectivity index (χ4n) is 2.71. The summed E-state index contributed by atoms with van der Waals surface area (Å²) in [6, 6.07) is 10.9. The predicted octanol–water partition coefficient (Wildman–Crippen LogP) is 3.65. The molecule has 7 nitrogen and oxygen atoms in total. The molecule has 1 aromatic carbocycles. The minimum absolute atomic E-state index is 0.378. The van der Waals surface area contributed by atoms with E-state index in [1.807, 2.05) is 12.1 Å². The topological polar surface area (TPSA) is 93.2 Å². The summed E-state index contributed by atoms with van der Waals surface area (Å²) >= 11 is 0. The van der Waals surface area contributed by atoms with Gasteiger partial charge in [-0.15, -0.1) is 0 Å². The van der Waals surface area contributed by atoms with Crippen molar-refractivity contribution in [1.29, 1.82) is 0 Å². The van der Waals surface area contributed by atoms with Crippen molar-refractivity contribution in [2.24, 2.45) is 0 Å². The molecule has 1 aliphatic rings. The van der Waals surface area contributed by atoms with E-state index < -0.39 is 0 Å². The highest BCUT2D eigenvalue weighted by atomic mass is 16.4. The number of hydrogen-bond donors (Lipinski definition) is 2. The standard InChI is InChI=1S/C18H14N4O3/c23-15-6-2-10-1-3-12(9-14(10)25-15)20-18-21-13-7-8-24-16(13)17(22-18)19-11-4-5-11/h1-3,6-9,11H,4-5H2,(H2,19,20,21,22). The lowest BCUT2D eigenvalue weighted by Crippen LogP contribution is -2.06. The maximum atomic E-state index is 11.4. The molecule has 0 atom stereocenters. The summed E-state index contributed by atoms with van der Waals surface area (Å²) in [5, 5.41) is 7.38. The largest absolute Gasteiger partial charge is 0.459 e. The van der Waals surface area contributed by atoms with Crippen LogP contribution in [0.5, 0.6) is 0 Å². The maximum Gasteiger partial charge on any atom is 0.336 e. The van der Waals surface area contributed by atoms with Crippen LogP contribution in [0.15, 0.2) is 56.3 Å². The third-order valence-electron chi connectivity index (χ3n) is 4.10. The summed E-state index contributed by atoms with van der Waals surface area (Å²) in [5.41, 5.74) is 2.26. The Morgan fingerprint density at radius 3 is 2.84 bits per heavy atom. The van der Waals surface area contributed by atoms with Crippen LogP contribution in [0.3, 0.4) is 0 Å². The Balaban J connectivity index is 1.53. The van der Waals surface area contributed by atoms with Gasteiger partial charge in [-0.05, 0) is 31.0 Å². The van der Waals surface area contributed by atoms with Crippen LogP contribution >= 0.6 is 0 Å². The molecule has 0 unspecified atom stereocenters. The lowest BCUT2D eigenvalue weighted by molar-refractivity contribution is 0.561. The van der Waals surface area contributed by atoms with E-state index in [2.05, 4.69) is 20.6 Å². The normalized spacial score (nSPS) is 14.1. The van der Waals surface area contributed by atoms with E-state index in [1.165, 1.54) is 6.07 Å². The maximum absolute atomic E-state index is 11.4. The average Bonchev–Trinajstić information content (AvgIpc) is 3.28. The van der Waals surface area contributed by atoms with Crippen molar-refractivity contribution in [3.05, 3.63) is 53.1 Å². The Morgan fingerprint density at radius 1 is 1.08 bits per heavy atom. The molecule has 5 rings (SSSR count). The number of nitrogens with one attached hydrogen (secondary N) is 2. The molecule has 0 aliphatic heterocycles. The van der Waals surface area contributed by atoms with Crippen LogP contribution in [-0.2, 0) is 0 Å². The van der Waals surface area contributed by atoms with Crippen molar-refractivity contribution in [3.63, 3.8) is 0 Å². The van der Waals surface area contributed by atoms with Crippen LogP contribution in [0.2, 0.25) is 0 Å². The molecule has 0 radical (unpaired) electrons. The number of fused-ring (bicyclic) bond motifs is 2. The van der Waals surface area contributed by atoms with E-state index in [9.17, 15) is 4.79 Å². The highest BCUT2D eigenvalue weighted by Gasteiger charge is 2.23. The van der Waals surface area contributed by atoms with Crippen molar-refractivity contribution in [1.82, 2.24) is 9.97 Å². The molecule has 25 heavy (non-hydrogen) atoms. The predicted molar refractivity (Wildman–Crippen MR) is 94.2 cm³/mol. The van der Waals surface area contributed by atoms with E-state index >= 15 is 0 Å². The smallest absolute Gasteiger partial charge is 0.336 e. The van der Waals surface area contributed by atoms with Crippen molar-refractivity contribution in [2.45, 2.75) is 18.9 Å². The molecule has 0 bridgehead atoms. The Hall–Kier alpha value is -3.35. The van der Waals surface area contributed by atoms with Crippen LogP contribution in [-0.4, -0.2) is 16.0 Å². The lowest BCUT2D eigenvalue weighted by atomic mass is 10.2. The Morgan fingerprint density at radius 2 is 1.96 bits per heavy atom. The minimum atomic E-state index is -0.378. The molecular formula is C18H14N4O3. The molecule has 124 valence electrons. The third-order valence-corrected chi connectivity index (χ3v) is 4.10. The van der Waals surface area contributed by atoms with E-state index in [0.29, 0.717) is 29.0 Å². The van der Waals surface area contributed by atoms with Gasteiger partial charge in [-0.25, -0.2) is 9.78 Å². The van der Waals surface area contributed by atoms with Crippen molar-refractivity contribution in [2.75, 3.05) is 10.6 Å². The number of furan rings is 1. The van der Waals surface area contributed by atoms with Gasteiger partial charge in [-0.2, -0.15) is 4.98 Å². The molecule has 0 amide bonds. The number of benzene rings is 1. The Bertz CT molecular complexity index is 1140. The van der Waals surface area contributed by atoms with Crippen LogP contribution in [0.4, 0.5) is 17.5 Å². The number of anilines is 3. The van der Waals surface area contributed by atoms with E-state index in [-0.39, 0.29) is 5.63 Å². The first-order chi connectivity index (χ1) is 12.2. The molecule has 3 heterocycles.